The molecule has 0 heterocycles. The van der Waals surface area contributed by atoms with Crippen molar-refractivity contribution in [1.29, 1.82) is 0 Å². The normalized spacial score (nSPS) is 13.1. The summed E-state index contributed by atoms with van der Waals surface area (Å²) in [4.78, 5) is 22.8. The zero-order valence-electron chi connectivity index (χ0n) is 14.6. The van der Waals surface area contributed by atoms with Crippen molar-refractivity contribution in [3.63, 3.8) is 0 Å². The van der Waals surface area contributed by atoms with Gasteiger partial charge < -0.3 is 10.4 Å². The molecular weight excluding hydrogens is 344 g/mol. The number of unbranched alkanes of at least 4 members (excludes halogenated alkanes) is 1. The monoisotopic (exact) mass is 368 g/mol. The van der Waals surface area contributed by atoms with Gasteiger partial charge in [-0.15, -0.1) is 0 Å². The number of carbonyl (C=O) groups excluding carboxylic acids is 1. The summed E-state index contributed by atoms with van der Waals surface area (Å²) in [6, 6.07) is 5.87. The first-order valence-electron chi connectivity index (χ1n) is 7.83. The van der Waals surface area contributed by atoms with Crippen LogP contribution in [0.2, 0.25) is 0 Å². The average molecular weight is 368 g/mol. The number of nitrogens with one attached hydrogen (secondary N) is 1. The number of sulfonamides is 1. The number of carboxylic acid groups (broad SMARTS) is 1. The first kappa shape index (κ1) is 20.9. The maximum absolute atomic E-state index is 12.0. The first-order chi connectivity index (χ1) is 11.6. The molecule has 138 valence electrons. The molecule has 0 aromatic heterocycles. The van der Waals surface area contributed by atoms with Gasteiger partial charge in [-0.2, -0.15) is 0 Å². The predicted octanol–water partition coefficient (Wildman–Crippen LogP) is 1.57. The van der Waals surface area contributed by atoms with Gasteiger partial charge in [0, 0.05) is 19.2 Å². The molecule has 25 heavy (non-hydrogen) atoms. The van der Waals surface area contributed by atoms with Crippen LogP contribution < -0.4 is 5.32 Å². The van der Waals surface area contributed by atoms with Crippen molar-refractivity contribution in [1.82, 2.24) is 9.62 Å². The van der Waals surface area contributed by atoms with Gasteiger partial charge in [0.15, 0.2) is 0 Å². The second kappa shape index (κ2) is 9.33. The van der Waals surface area contributed by atoms with E-state index in [0.29, 0.717) is 24.9 Å². The fourth-order valence-electron chi connectivity index (χ4n) is 1.94. The molecule has 1 rings (SSSR count). The Kier molecular flexibility index (Phi) is 7.79. The van der Waals surface area contributed by atoms with Gasteiger partial charge in [-0.1, -0.05) is 24.3 Å². The van der Waals surface area contributed by atoms with Crippen LogP contribution in [0.15, 0.2) is 30.3 Å². The predicted molar refractivity (Wildman–Crippen MR) is 96.7 cm³/mol. The summed E-state index contributed by atoms with van der Waals surface area (Å²) in [5.74, 6) is -1.54. The number of nitrogens with zero attached hydrogens (tertiary/aromatic N) is 1. The summed E-state index contributed by atoms with van der Waals surface area (Å²) in [7, 11) is -1.61. The van der Waals surface area contributed by atoms with Gasteiger partial charge in [-0.05, 0) is 37.5 Å². The number of aliphatic carboxylic acids is 1. The first-order valence-corrected chi connectivity index (χ1v) is 9.67. The van der Waals surface area contributed by atoms with Gasteiger partial charge in [0.1, 0.15) is 6.04 Å². The molecule has 1 atom stereocenters. The molecule has 0 saturated heterocycles. The molecular formula is C17H24N2O5S. The van der Waals surface area contributed by atoms with E-state index >= 15 is 0 Å². The summed E-state index contributed by atoms with van der Waals surface area (Å²) in [5.41, 5.74) is 1.19. The lowest BCUT2D eigenvalue weighted by molar-refractivity contribution is -0.138. The molecule has 1 amide bonds. The molecule has 0 fully saturated rings. The summed E-state index contributed by atoms with van der Waals surface area (Å²) >= 11 is 0. The minimum absolute atomic E-state index is 0.382. The molecule has 0 aliphatic heterocycles. The van der Waals surface area contributed by atoms with Crippen molar-refractivity contribution in [2.45, 2.75) is 25.8 Å². The van der Waals surface area contributed by atoms with E-state index in [1.54, 1.807) is 25.2 Å². The Morgan fingerprint density at radius 3 is 2.64 bits per heavy atom. The largest absolute Gasteiger partial charge is 0.480 e. The number of carbonyl (C=O) groups is 2. The smallest absolute Gasteiger partial charge is 0.325 e. The van der Waals surface area contributed by atoms with Crippen molar-refractivity contribution in [3.05, 3.63) is 41.5 Å². The number of hydrogen-bond acceptors (Lipinski definition) is 4. The lowest BCUT2D eigenvalue weighted by atomic mass is 10.1. The third kappa shape index (κ3) is 7.49. The molecule has 0 aliphatic carbocycles. The number of hydrogen-bond donors (Lipinski definition) is 2. The molecule has 1 aromatic rings. The Bertz CT molecular complexity index is 743. The van der Waals surface area contributed by atoms with E-state index in [9.17, 15) is 18.0 Å². The fourth-order valence-corrected chi connectivity index (χ4v) is 2.40. The summed E-state index contributed by atoms with van der Waals surface area (Å²) in [5, 5.41) is 11.2. The SMILES string of the molecule is C[C@@H](NC(=O)c1cccc(C=CCCCN(C)S(C)(=O)=O)c1)C(=O)O. The highest BCUT2D eigenvalue weighted by Gasteiger charge is 2.15. The van der Waals surface area contributed by atoms with Crippen LogP contribution in [0.5, 0.6) is 0 Å². The van der Waals surface area contributed by atoms with Crippen molar-refractivity contribution in [3.8, 4) is 0 Å². The average Bonchev–Trinajstić information content (AvgIpc) is 2.53. The molecule has 0 unspecified atom stereocenters. The Morgan fingerprint density at radius 1 is 1.36 bits per heavy atom. The van der Waals surface area contributed by atoms with Gasteiger partial charge >= 0.3 is 5.97 Å². The number of rotatable bonds is 9. The lowest BCUT2D eigenvalue weighted by Gasteiger charge is -2.12. The molecule has 1 aromatic carbocycles. The minimum atomic E-state index is -3.15. The van der Waals surface area contributed by atoms with Crippen LogP contribution in [0.4, 0.5) is 0 Å². The van der Waals surface area contributed by atoms with Crippen molar-refractivity contribution in [2.75, 3.05) is 19.8 Å². The van der Waals surface area contributed by atoms with Crippen molar-refractivity contribution < 1.29 is 23.1 Å². The van der Waals surface area contributed by atoms with E-state index in [1.807, 2.05) is 18.2 Å². The molecule has 7 nitrogen and oxygen atoms in total. The van der Waals surface area contributed by atoms with Gasteiger partial charge in [-0.25, -0.2) is 12.7 Å². The zero-order chi connectivity index (χ0) is 19.0. The van der Waals surface area contributed by atoms with E-state index in [-0.39, 0.29) is 0 Å². The molecule has 0 bridgehead atoms. The van der Waals surface area contributed by atoms with Crippen LogP contribution in [0.1, 0.15) is 35.7 Å². The molecule has 0 spiro atoms. The minimum Gasteiger partial charge on any atom is -0.480 e. The van der Waals surface area contributed by atoms with Crippen LogP contribution in [-0.2, 0) is 14.8 Å². The van der Waals surface area contributed by atoms with Gasteiger partial charge in [0.25, 0.3) is 5.91 Å². The third-order valence-corrected chi connectivity index (χ3v) is 4.90. The Labute approximate surface area is 148 Å². The Hall–Kier alpha value is -2.19. The van der Waals surface area contributed by atoms with E-state index in [1.165, 1.54) is 17.5 Å². The third-order valence-electron chi connectivity index (χ3n) is 3.59. The molecule has 0 saturated carbocycles. The van der Waals surface area contributed by atoms with Gasteiger partial charge in [0.05, 0.1) is 6.26 Å². The highest BCUT2D eigenvalue weighted by Crippen LogP contribution is 2.09. The maximum Gasteiger partial charge on any atom is 0.325 e. The van der Waals surface area contributed by atoms with Crippen LogP contribution in [0, 0.1) is 0 Å². The fraction of sp³-hybridized carbons (Fsp3) is 0.412. The van der Waals surface area contributed by atoms with Crippen LogP contribution in [0.3, 0.4) is 0 Å². The van der Waals surface area contributed by atoms with E-state index < -0.39 is 27.9 Å². The van der Waals surface area contributed by atoms with Gasteiger partial charge in [0.2, 0.25) is 10.0 Å². The standard InChI is InChI=1S/C17H24N2O5S/c1-13(17(21)22)18-16(20)15-10-7-9-14(12-15)8-5-4-6-11-19(2)25(3,23)24/h5,7-10,12-13H,4,6,11H2,1-3H3,(H,18,20)(H,21,22)/t13-/m1/s1. The highest BCUT2D eigenvalue weighted by molar-refractivity contribution is 7.88. The quantitative estimate of drug-likeness (QED) is 0.644. The topological polar surface area (TPSA) is 104 Å². The van der Waals surface area contributed by atoms with Crippen molar-refractivity contribution >= 4 is 28.0 Å². The Balaban J connectivity index is 2.57. The van der Waals surface area contributed by atoms with Gasteiger partial charge in [-0.3, -0.25) is 9.59 Å². The number of carboxylic acids is 1. The number of benzene rings is 1. The molecule has 0 radical (unpaired) electrons. The second-order valence-electron chi connectivity index (χ2n) is 5.79. The molecule has 2 N–H and O–H groups in total. The zero-order valence-corrected chi connectivity index (χ0v) is 15.4. The number of allylic oxidation sites excluding steroid dienone is 1. The van der Waals surface area contributed by atoms with Crippen molar-refractivity contribution in [2.24, 2.45) is 0 Å². The summed E-state index contributed by atoms with van der Waals surface area (Å²) in [6.07, 6.45) is 6.32. The van der Waals surface area contributed by atoms with Crippen LogP contribution in [0.25, 0.3) is 6.08 Å². The summed E-state index contributed by atoms with van der Waals surface area (Å²) in [6.45, 7) is 1.84. The second-order valence-corrected chi connectivity index (χ2v) is 7.88. The summed E-state index contributed by atoms with van der Waals surface area (Å²) < 4.78 is 23.8. The number of amides is 1. The van der Waals surface area contributed by atoms with Crippen LogP contribution in [-0.4, -0.2) is 55.6 Å². The molecule has 8 heteroatoms. The highest BCUT2D eigenvalue weighted by atomic mass is 32.2. The maximum atomic E-state index is 12.0. The van der Waals surface area contributed by atoms with Crippen LogP contribution >= 0.6 is 0 Å². The van der Waals surface area contributed by atoms with E-state index in [4.69, 9.17) is 5.11 Å². The Morgan fingerprint density at radius 2 is 2.04 bits per heavy atom. The van der Waals surface area contributed by atoms with E-state index in [0.717, 1.165) is 5.56 Å². The molecule has 0 aliphatic rings. The van der Waals surface area contributed by atoms with E-state index in [2.05, 4.69) is 5.32 Å². The lowest BCUT2D eigenvalue weighted by Crippen LogP contribution is -2.38.